The molecule has 2 nitrogen and oxygen atoms in total. The average molecular weight is 380 g/mol. The quantitative estimate of drug-likeness (QED) is 0.674. The molecular weight excluding hydrogens is 359 g/mol. The van der Waals surface area contributed by atoms with Crippen molar-refractivity contribution in [3.8, 4) is 0 Å². The standard InChI is InChI=1S/C17H20N2.HI/c1-18-16(14-9-5-3-6-10-14)13-17(19(18)2)15-11-7-4-8-12-15;/h3-12,16-17H,13H2,1-2H3;1H. The van der Waals surface area contributed by atoms with E-state index in [1.807, 2.05) is 0 Å². The van der Waals surface area contributed by atoms with E-state index in [9.17, 15) is 0 Å². The number of rotatable bonds is 2. The Morgan fingerprint density at radius 3 is 1.95 bits per heavy atom. The summed E-state index contributed by atoms with van der Waals surface area (Å²) in [4.78, 5) is 0. The third-order valence-corrected chi connectivity index (χ3v) is 4.37. The molecule has 0 aromatic heterocycles. The van der Waals surface area contributed by atoms with Crippen LogP contribution in [0.15, 0.2) is 60.7 Å². The van der Waals surface area contributed by atoms with E-state index in [0.29, 0.717) is 12.1 Å². The van der Waals surface area contributed by atoms with Crippen LogP contribution in [-0.4, -0.2) is 19.1 Å². The molecule has 1 N–H and O–H groups in total. The second-order valence-electron chi connectivity index (χ2n) is 5.38. The van der Waals surface area contributed by atoms with Crippen molar-refractivity contribution in [2.75, 3.05) is 14.1 Å². The Labute approximate surface area is 138 Å². The SMILES string of the molecule is CN1C(c2ccccc2)CC(c2ccccc2)[NH+]1C.[I-]. The minimum absolute atomic E-state index is 0. The highest BCUT2D eigenvalue weighted by molar-refractivity contribution is 5.22. The fraction of sp³-hybridized carbons (Fsp3) is 0.294. The van der Waals surface area contributed by atoms with Gasteiger partial charge in [0.25, 0.3) is 0 Å². The molecule has 106 valence electrons. The third-order valence-electron chi connectivity index (χ3n) is 4.37. The molecule has 0 bridgehead atoms. The highest BCUT2D eigenvalue weighted by Crippen LogP contribution is 2.32. The molecule has 0 spiro atoms. The van der Waals surface area contributed by atoms with Crippen molar-refractivity contribution in [1.82, 2.24) is 5.01 Å². The van der Waals surface area contributed by atoms with E-state index < -0.39 is 0 Å². The first-order valence-corrected chi connectivity index (χ1v) is 6.93. The molecule has 0 radical (unpaired) electrons. The Morgan fingerprint density at radius 2 is 1.40 bits per heavy atom. The minimum Gasteiger partial charge on any atom is -1.00 e. The van der Waals surface area contributed by atoms with E-state index in [1.54, 1.807) is 0 Å². The molecule has 3 unspecified atom stereocenters. The number of nitrogens with zero attached hydrogens (tertiary/aromatic N) is 1. The van der Waals surface area contributed by atoms with Crippen molar-refractivity contribution >= 4 is 0 Å². The number of hydrogen-bond donors (Lipinski definition) is 1. The zero-order chi connectivity index (χ0) is 13.2. The lowest BCUT2D eigenvalue weighted by atomic mass is 9.97. The van der Waals surface area contributed by atoms with Crippen LogP contribution < -0.4 is 29.0 Å². The Bertz CT molecular complexity index is 480. The monoisotopic (exact) mass is 380 g/mol. The van der Waals surface area contributed by atoms with Crippen molar-refractivity contribution in [2.45, 2.75) is 18.5 Å². The zero-order valence-corrected chi connectivity index (χ0v) is 14.1. The van der Waals surface area contributed by atoms with E-state index in [4.69, 9.17) is 0 Å². The second kappa shape index (κ2) is 6.70. The number of hydrogen-bond acceptors (Lipinski definition) is 1. The summed E-state index contributed by atoms with van der Waals surface area (Å²) in [5, 5.41) is 3.91. The highest BCUT2D eigenvalue weighted by Gasteiger charge is 2.40. The van der Waals surface area contributed by atoms with Gasteiger partial charge in [-0.05, 0) is 5.56 Å². The van der Waals surface area contributed by atoms with Gasteiger partial charge in [-0.3, -0.25) is 5.01 Å². The molecule has 20 heavy (non-hydrogen) atoms. The van der Waals surface area contributed by atoms with Crippen molar-refractivity contribution in [3.63, 3.8) is 0 Å². The van der Waals surface area contributed by atoms with Crippen LogP contribution in [-0.2, 0) is 0 Å². The van der Waals surface area contributed by atoms with Crippen LogP contribution in [0.4, 0.5) is 0 Å². The van der Waals surface area contributed by atoms with E-state index in [0.717, 1.165) is 0 Å². The number of benzene rings is 2. The summed E-state index contributed by atoms with van der Waals surface area (Å²) in [6, 6.07) is 22.7. The predicted molar refractivity (Wildman–Crippen MR) is 77.6 cm³/mol. The van der Waals surface area contributed by atoms with Crippen molar-refractivity contribution in [1.29, 1.82) is 0 Å². The summed E-state index contributed by atoms with van der Waals surface area (Å²) in [7, 11) is 4.48. The van der Waals surface area contributed by atoms with Gasteiger partial charge in [0.2, 0.25) is 0 Å². The molecule has 2 aromatic rings. The molecular formula is C17H21IN2. The molecule has 0 saturated carbocycles. The molecule has 3 rings (SSSR count). The van der Waals surface area contributed by atoms with Gasteiger partial charge in [-0.1, -0.05) is 60.7 Å². The molecule has 0 aliphatic carbocycles. The van der Waals surface area contributed by atoms with Gasteiger partial charge < -0.3 is 24.0 Å². The smallest absolute Gasteiger partial charge is 0.133 e. The Hall–Kier alpha value is -0.910. The molecule has 1 fully saturated rings. The van der Waals surface area contributed by atoms with Gasteiger partial charge >= 0.3 is 0 Å². The van der Waals surface area contributed by atoms with E-state index in [-0.39, 0.29) is 24.0 Å². The first kappa shape index (κ1) is 15.5. The van der Waals surface area contributed by atoms with E-state index in [1.165, 1.54) is 22.6 Å². The lowest BCUT2D eigenvalue weighted by Crippen LogP contribution is -3.12. The molecule has 1 aliphatic rings. The van der Waals surface area contributed by atoms with Crippen LogP contribution in [0.1, 0.15) is 29.6 Å². The van der Waals surface area contributed by atoms with Gasteiger partial charge in [0, 0.05) is 19.0 Å². The Kier molecular flexibility index (Phi) is 5.18. The lowest BCUT2D eigenvalue weighted by molar-refractivity contribution is -1.01. The van der Waals surface area contributed by atoms with Crippen LogP contribution in [0.25, 0.3) is 0 Å². The van der Waals surface area contributed by atoms with Gasteiger partial charge in [0.1, 0.15) is 6.04 Å². The molecule has 0 amide bonds. The maximum atomic E-state index is 2.44. The maximum Gasteiger partial charge on any atom is 0.133 e. The van der Waals surface area contributed by atoms with Crippen LogP contribution >= 0.6 is 0 Å². The fourth-order valence-electron chi connectivity index (χ4n) is 3.14. The van der Waals surface area contributed by atoms with Gasteiger partial charge in [-0.2, -0.15) is 5.01 Å². The Balaban J connectivity index is 0.00000147. The summed E-state index contributed by atoms with van der Waals surface area (Å²) in [6.45, 7) is 0. The highest BCUT2D eigenvalue weighted by atomic mass is 127. The summed E-state index contributed by atoms with van der Waals surface area (Å²) in [5.41, 5.74) is 2.85. The molecule has 1 heterocycles. The summed E-state index contributed by atoms with van der Waals surface area (Å²) in [5.74, 6) is 0. The topological polar surface area (TPSA) is 7.68 Å². The molecule has 3 heteroatoms. The lowest BCUT2D eigenvalue weighted by Gasteiger charge is -2.24. The second-order valence-corrected chi connectivity index (χ2v) is 5.38. The normalized spacial score (nSPS) is 26.2. The maximum absolute atomic E-state index is 2.44. The molecule has 2 aromatic carbocycles. The first-order valence-electron chi connectivity index (χ1n) is 6.93. The number of nitrogens with one attached hydrogen (secondary N) is 1. The summed E-state index contributed by atoms with van der Waals surface area (Å²) in [6.07, 6.45) is 1.18. The van der Waals surface area contributed by atoms with Gasteiger partial charge in [0.15, 0.2) is 0 Å². The summed E-state index contributed by atoms with van der Waals surface area (Å²) >= 11 is 0. The molecule has 1 aliphatic heterocycles. The van der Waals surface area contributed by atoms with Crippen LogP contribution in [0.2, 0.25) is 0 Å². The van der Waals surface area contributed by atoms with Crippen LogP contribution in [0, 0.1) is 0 Å². The van der Waals surface area contributed by atoms with E-state index in [2.05, 4.69) is 79.8 Å². The van der Waals surface area contributed by atoms with Gasteiger partial charge in [-0.15, -0.1) is 0 Å². The minimum atomic E-state index is 0. The van der Waals surface area contributed by atoms with E-state index >= 15 is 0 Å². The predicted octanol–water partition coefficient (Wildman–Crippen LogP) is -0.762. The third kappa shape index (κ3) is 2.90. The number of halogens is 1. The average Bonchev–Trinajstić information content (AvgIpc) is 2.77. The summed E-state index contributed by atoms with van der Waals surface area (Å²) < 4.78 is 0. The van der Waals surface area contributed by atoms with Gasteiger partial charge in [-0.25, -0.2) is 0 Å². The van der Waals surface area contributed by atoms with Crippen molar-refractivity contribution in [2.24, 2.45) is 0 Å². The fourth-order valence-corrected chi connectivity index (χ4v) is 3.14. The van der Waals surface area contributed by atoms with Crippen molar-refractivity contribution in [3.05, 3.63) is 71.8 Å². The number of quaternary nitrogens is 1. The first-order chi connectivity index (χ1) is 9.27. The largest absolute Gasteiger partial charge is 1.00 e. The Morgan fingerprint density at radius 1 is 0.900 bits per heavy atom. The zero-order valence-electron chi connectivity index (χ0n) is 12.0. The van der Waals surface area contributed by atoms with Gasteiger partial charge in [0.05, 0.1) is 13.1 Å². The van der Waals surface area contributed by atoms with Crippen LogP contribution in [0.3, 0.4) is 0 Å². The molecule has 3 atom stereocenters. The van der Waals surface area contributed by atoms with Crippen molar-refractivity contribution < 1.29 is 29.0 Å². The van der Waals surface area contributed by atoms with Crippen LogP contribution in [0.5, 0.6) is 0 Å². The molecule has 1 saturated heterocycles.